The third-order valence-corrected chi connectivity index (χ3v) is 5.75. The van der Waals surface area contributed by atoms with E-state index in [2.05, 4.69) is 16.2 Å². The van der Waals surface area contributed by atoms with Gasteiger partial charge in [0.25, 0.3) is 0 Å². The second-order valence-corrected chi connectivity index (χ2v) is 7.46. The van der Waals surface area contributed by atoms with Gasteiger partial charge in [0, 0.05) is 41.6 Å². The number of rotatable bonds is 3. The van der Waals surface area contributed by atoms with Gasteiger partial charge in [-0.05, 0) is 43.4 Å². The first-order valence-corrected chi connectivity index (χ1v) is 9.39. The van der Waals surface area contributed by atoms with Gasteiger partial charge < -0.3 is 0 Å². The maximum absolute atomic E-state index is 13.5. The summed E-state index contributed by atoms with van der Waals surface area (Å²) in [6.45, 7) is 2.14. The highest BCUT2D eigenvalue weighted by molar-refractivity contribution is 7.19. The van der Waals surface area contributed by atoms with E-state index < -0.39 is 11.9 Å². The first-order valence-electron chi connectivity index (χ1n) is 8.57. The monoisotopic (exact) mass is 388 g/mol. The fourth-order valence-corrected chi connectivity index (χ4v) is 4.46. The molecule has 0 atom stereocenters. The molecule has 4 nitrogen and oxygen atoms in total. The number of pyridine rings is 1. The van der Waals surface area contributed by atoms with Crippen molar-refractivity contribution in [2.75, 3.05) is 0 Å². The minimum absolute atomic E-state index is 0.157. The highest BCUT2D eigenvalue weighted by Crippen LogP contribution is 2.45. The summed E-state index contributed by atoms with van der Waals surface area (Å²) in [6.07, 6.45) is 2.40. The van der Waals surface area contributed by atoms with E-state index >= 15 is 0 Å². The molecule has 8 heteroatoms. The van der Waals surface area contributed by atoms with Crippen LogP contribution in [-0.2, 0) is 12.7 Å². The van der Waals surface area contributed by atoms with Crippen LogP contribution in [-0.4, -0.2) is 14.8 Å². The zero-order valence-corrected chi connectivity index (χ0v) is 15.3. The highest BCUT2D eigenvalue weighted by atomic mass is 32.1. The summed E-state index contributed by atoms with van der Waals surface area (Å²) >= 11 is 1.34. The average Bonchev–Trinajstić information content (AvgIpc) is 3.36. The number of thiophene rings is 1. The molecule has 0 fully saturated rings. The van der Waals surface area contributed by atoms with Gasteiger partial charge in [-0.1, -0.05) is 0 Å². The Bertz CT molecular complexity index is 1100. The summed E-state index contributed by atoms with van der Waals surface area (Å²) in [5.41, 5.74) is 1.69. The lowest BCUT2D eigenvalue weighted by molar-refractivity contribution is -0.141. The minimum atomic E-state index is -4.50. The number of aryl methyl sites for hydroxylation is 1. The van der Waals surface area contributed by atoms with E-state index in [4.69, 9.17) is 0 Å². The summed E-state index contributed by atoms with van der Waals surface area (Å²) in [7, 11) is 0. The molecule has 0 spiro atoms. The maximum atomic E-state index is 13.5. The zero-order chi connectivity index (χ0) is 19.2. The lowest BCUT2D eigenvalue weighted by atomic mass is 9.96. The molecule has 0 aliphatic heterocycles. The fourth-order valence-electron chi connectivity index (χ4n) is 3.61. The van der Waals surface area contributed by atoms with Gasteiger partial charge in [-0.2, -0.15) is 23.5 Å². The van der Waals surface area contributed by atoms with E-state index in [1.165, 1.54) is 22.2 Å². The fraction of sp³-hybridized carbons (Fsp3) is 0.316. The van der Waals surface area contributed by atoms with Crippen LogP contribution >= 0.6 is 11.3 Å². The van der Waals surface area contributed by atoms with Crippen molar-refractivity contribution >= 4 is 32.6 Å². The largest absolute Gasteiger partial charge is 0.435 e. The van der Waals surface area contributed by atoms with E-state index in [1.54, 1.807) is 25.4 Å². The third kappa shape index (κ3) is 3.02. The van der Waals surface area contributed by atoms with Gasteiger partial charge in [0.2, 0.25) is 0 Å². The lowest BCUT2D eigenvalue weighted by Crippen LogP contribution is -2.09. The van der Waals surface area contributed by atoms with E-state index in [0.717, 1.165) is 27.6 Å². The molecule has 0 saturated carbocycles. The van der Waals surface area contributed by atoms with Crippen LogP contribution in [0.15, 0.2) is 24.7 Å². The van der Waals surface area contributed by atoms with Crippen molar-refractivity contribution < 1.29 is 13.2 Å². The van der Waals surface area contributed by atoms with Crippen LogP contribution in [0.5, 0.6) is 0 Å². The summed E-state index contributed by atoms with van der Waals surface area (Å²) in [5, 5.41) is 13.8. The van der Waals surface area contributed by atoms with Gasteiger partial charge in [0.1, 0.15) is 10.9 Å². The third-order valence-electron chi connectivity index (χ3n) is 4.78. The Kier molecular flexibility index (Phi) is 4.27. The Labute approximate surface area is 157 Å². The number of alkyl halides is 3. The minimum Gasteiger partial charge on any atom is -0.272 e. The summed E-state index contributed by atoms with van der Waals surface area (Å²) in [6, 6.07) is 3.92. The standard InChI is InChI=1S/C19H15F3N4S/c1-2-26-10-16(18(25-26)19(20,21)22)13-5-3-4-12(13)15-8-24-9-17-14(15)6-11(7-23)27-17/h6,8-10H,2-5H2,1H3. The number of allylic oxidation sites excluding steroid dienone is 2. The number of hydrogen-bond donors (Lipinski definition) is 0. The van der Waals surface area contributed by atoms with Crippen LogP contribution in [0.1, 0.15) is 47.9 Å². The van der Waals surface area contributed by atoms with Crippen molar-refractivity contribution in [3.63, 3.8) is 0 Å². The lowest BCUT2D eigenvalue weighted by Gasteiger charge is -2.11. The number of fused-ring (bicyclic) bond motifs is 1. The van der Waals surface area contributed by atoms with Crippen molar-refractivity contribution in [3.8, 4) is 6.07 Å². The molecular weight excluding hydrogens is 373 g/mol. The quantitative estimate of drug-likeness (QED) is 0.595. The number of aromatic nitrogens is 3. The molecular formula is C19H15F3N4S. The molecule has 138 valence electrons. The Hall–Kier alpha value is -2.66. The number of hydrogen-bond acceptors (Lipinski definition) is 4. The summed E-state index contributed by atoms with van der Waals surface area (Å²) in [5.74, 6) is 0. The Morgan fingerprint density at radius 1 is 1.22 bits per heavy atom. The van der Waals surface area contributed by atoms with E-state index in [9.17, 15) is 18.4 Å². The molecule has 3 aromatic rings. The van der Waals surface area contributed by atoms with Crippen molar-refractivity contribution in [2.24, 2.45) is 0 Å². The second kappa shape index (κ2) is 6.50. The normalized spacial score (nSPS) is 14.9. The maximum Gasteiger partial charge on any atom is 0.435 e. The number of nitriles is 1. The summed E-state index contributed by atoms with van der Waals surface area (Å²) in [4.78, 5) is 4.81. The van der Waals surface area contributed by atoms with Gasteiger partial charge in [0.05, 0.1) is 4.70 Å². The van der Waals surface area contributed by atoms with Crippen molar-refractivity contribution in [1.82, 2.24) is 14.8 Å². The Balaban J connectivity index is 1.95. The molecule has 3 heterocycles. The Morgan fingerprint density at radius 3 is 2.63 bits per heavy atom. The molecule has 4 rings (SSSR count). The smallest absolute Gasteiger partial charge is 0.272 e. The average molecular weight is 388 g/mol. The first-order chi connectivity index (χ1) is 12.9. The van der Waals surface area contributed by atoms with Crippen LogP contribution in [0.4, 0.5) is 13.2 Å². The molecule has 0 unspecified atom stereocenters. The molecule has 0 aromatic carbocycles. The molecule has 0 radical (unpaired) electrons. The molecule has 1 aliphatic rings. The van der Waals surface area contributed by atoms with Gasteiger partial charge in [-0.25, -0.2) is 0 Å². The molecule has 3 aromatic heterocycles. The molecule has 0 bridgehead atoms. The number of halogens is 3. The molecule has 0 amide bonds. The van der Waals surface area contributed by atoms with Crippen molar-refractivity contribution in [2.45, 2.75) is 38.9 Å². The highest BCUT2D eigenvalue weighted by Gasteiger charge is 2.39. The van der Waals surface area contributed by atoms with Crippen LogP contribution in [0.25, 0.3) is 21.2 Å². The van der Waals surface area contributed by atoms with Gasteiger partial charge >= 0.3 is 6.18 Å². The first kappa shape index (κ1) is 17.7. The Morgan fingerprint density at radius 2 is 1.96 bits per heavy atom. The van der Waals surface area contributed by atoms with Crippen molar-refractivity contribution in [1.29, 1.82) is 5.26 Å². The predicted molar refractivity (Wildman–Crippen MR) is 97.9 cm³/mol. The van der Waals surface area contributed by atoms with Crippen molar-refractivity contribution in [3.05, 3.63) is 46.4 Å². The van der Waals surface area contributed by atoms with Crippen LogP contribution in [0.2, 0.25) is 0 Å². The molecule has 0 saturated heterocycles. The van der Waals surface area contributed by atoms with Gasteiger partial charge in [0.15, 0.2) is 5.69 Å². The second-order valence-electron chi connectivity index (χ2n) is 6.38. The predicted octanol–water partition coefficient (Wildman–Crippen LogP) is 5.50. The summed E-state index contributed by atoms with van der Waals surface area (Å²) < 4.78 is 42.8. The van der Waals surface area contributed by atoms with Crippen LogP contribution in [0.3, 0.4) is 0 Å². The topological polar surface area (TPSA) is 54.5 Å². The molecule has 1 aliphatic carbocycles. The van der Waals surface area contributed by atoms with Gasteiger partial charge in [-0.15, -0.1) is 11.3 Å². The van der Waals surface area contributed by atoms with E-state index in [0.29, 0.717) is 29.8 Å². The molecule has 27 heavy (non-hydrogen) atoms. The van der Waals surface area contributed by atoms with Crippen LogP contribution < -0.4 is 0 Å². The zero-order valence-electron chi connectivity index (χ0n) is 14.5. The van der Waals surface area contributed by atoms with Crippen LogP contribution in [0, 0.1) is 11.3 Å². The SMILES string of the molecule is CCn1cc(C2=C(c3cncc4sc(C#N)cc34)CCC2)c(C(F)(F)F)n1. The van der Waals surface area contributed by atoms with Gasteiger partial charge in [-0.3, -0.25) is 9.67 Å². The van der Waals surface area contributed by atoms with E-state index in [1.807, 2.05) is 0 Å². The number of nitrogens with zero attached hydrogens (tertiary/aromatic N) is 4. The van der Waals surface area contributed by atoms with E-state index in [-0.39, 0.29) is 5.56 Å². The molecule has 0 N–H and O–H groups in total.